The number of amides is 1. The summed E-state index contributed by atoms with van der Waals surface area (Å²) >= 11 is 0. The summed E-state index contributed by atoms with van der Waals surface area (Å²) in [6.45, 7) is 5.01. The van der Waals surface area contributed by atoms with Gasteiger partial charge in [-0.15, -0.1) is 0 Å². The van der Waals surface area contributed by atoms with Gasteiger partial charge in [0.05, 0.1) is 13.2 Å². The van der Waals surface area contributed by atoms with Crippen LogP contribution >= 0.6 is 0 Å². The number of hydrogen-bond acceptors (Lipinski definition) is 5. The van der Waals surface area contributed by atoms with Crippen LogP contribution in [-0.4, -0.2) is 43.2 Å². The van der Waals surface area contributed by atoms with E-state index in [2.05, 4.69) is 4.90 Å². The van der Waals surface area contributed by atoms with Crippen LogP contribution in [0.1, 0.15) is 27.0 Å². The monoisotopic (exact) mass is 392 g/mol. The number of ether oxygens (including phenoxy) is 1. The lowest BCUT2D eigenvalue weighted by Crippen LogP contribution is -2.36. The molecule has 2 aromatic rings. The van der Waals surface area contributed by atoms with Crippen LogP contribution in [0, 0.1) is 6.92 Å². The molecule has 0 unspecified atom stereocenters. The van der Waals surface area contributed by atoms with Crippen molar-refractivity contribution in [1.82, 2.24) is 5.48 Å². The quantitative estimate of drug-likeness (QED) is 0.341. The molecule has 0 saturated carbocycles. The molecule has 0 aromatic heterocycles. The van der Waals surface area contributed by atoms with Gasteiger partial charge in [-0.05, 0) is 47.9 Å². The highest BCUT2D eigenvalue weighted by molar-refractivity contribution is 6.08. The number of hydroxylamine groups is 1. The lowest BCUT2D eigenvalue weighted by Gasteiger charge is -2.30. The Kier molecular flexibility index (Phi) is 6.94. The molecule has 0 aliphatic carbocycles. The fourth-order valence-corrected chi connectivity index (χ4v) is 3.27. The number of benzene rings is 2. The van der Waals surface area contributed by atoms with Gasteiger partial charge in [0.15, 0.2) is 5.78 Å². The summed E-state index contributed by atoms with van der Waals surface area (Å²) in [6.07, 6.45) is 6.14. The third-order valence-corrected chi connectivity index (χ3v) is 4.80. The summed E-state index contributed by atoms with van der Waals surface area (Å²) in [5.41, 5.74) is 5.89. The minimum atomic E-state index is -0.600. The number of carbonyl (C=O) groups is 2. The van der Waals surface area contributed by atoms with Crippen molar-refractivity contribution in [1.29, 1.82) is 0 Å². The molecule has 0 atom stereocenters. The minimum absolute atomic E-state index is 0.0572. The number of anilines is 1. The van der Waals surface area contributed by atoms with E-state index in [4.69, 9.17) is 9.94 Å². The van der Waals surface area contributed by atoms with Crippen molar-refractivity contribution in [3.05, 3.63) is 76.9 Å². The van der Waals surface area contributed by atoms with Crippen molar-refractivity contribution >= 4 is 29.5 Å². The number of morpholine rings is 1. The number of allylic oxidation sites excluding steroid dienone is 1. The van der Waals surface area contributed by atoms with Gasteiger partial charge in [0.2, 0.25) is 0 Å². The normalized spacial score (nSPS) is 14.5. The van der Waals surface area contributed by atoms with Gasteiger partial charge in [-0.1, -0.05) is 36.4 Å². The molecule has 3 rings (SSSR count). The summed E-state index contributed by atoms with van der Waals surface area (Å²) in [5, 5.41) is 8.54. The Morgan fingerprint density at radius 2 is 1.69 bits per heavy atom. The average Bonchev–Trinajstić information content (AvgIpc) is 2.77. The highest BCUT2D eigenvalue weighted by Gasteiger charge is 2.16. The molecular weight excluding hydrogens is 368 g/mol. The van der Waals surface area contributed by atoms with Crippen molar-refractivity contribution in [2.24, 2.45) is 0 Å². The Hall–Kier alpha value is -3.22. The van der Waals surface area contributed by atoms with Crippen LogP contribution in [0.2, 0.25) is 0 Å². The zero-order valence-electron chi connectivity index (χ0n) is 16.3. The largest absolute Gasteiger partial charge is 0.378 e. The average molecular weight is 392 g/mol. The van der Waals surface area contributed by atoms with E-state index in [0.29, 0.717) is 18.8 Å². The number of ketones is 1. The van der Waals surface area contributed by atoms with Crippen LogP contribution < -0.4 is 10.4 Å². The van der Waals surface area contributed by atoms with Gasteiger partial charge in [0.1, 0.15) is 0 Å². The number of nitrogens with zero attached hydrogens (tertiary/aromatic N) is 1. The van der Waals surface area contributed by atoms with Gasteiger partial charge in [0, 0.05) is 30.4 Å². The van der Waals surface area contributed by atoms with Crippen molar-refractivity contribution in [2.75, 3.05) is 31.2 Å². The van der Waals surface area contributed by atoms with E-state index < -0.39 is 5.91 Å². The second-order valence-corrected chi connectivity index (χ2v) is 6.73. The first-order chi connectivity index (χ1) is 14.1. The maximum Gasteiger partial charge on any atom is 0.267 e. The molecule has 6 nitrogen and oxygen atoms in total. The molecule has 0 radical (unpaired) electrons. The Morgan fingerprint density at radius 3 is 2.38 bits per heavy atom. The summed E-state index contributed by atoms with van der Waals surface area (Å²) in [7, 11) is 0. The van der Waals surface area contributed by atoms with Crippen LogP contribution in [0.15, 0.2) is 54.6 Å². The first-order valence-electron chi connectivity index (χ1n) is 9.45. The molecule has 2 N–H and O–H groups in total. The minimum Gasteiger partial charge on any atom is -0.378 e. The highest BCUT2D eigenvalue weighted by Crippen LogP contribution is 2.25. The van der Waals surface area contributed by atoms with Gasteiger partial charge >= 0.3 is 0 Å². The van der Waals surface area contributed by atoms with Gasteiger partial charge in [-0.3, -0.25) is 14.8 Å². The van der Waals surface area contributed by atoms with Crippen LogP contribution in [-0.2, 0) is 9.53 Å². The van der Waals surface area contributed by atoms with Crippen molar-refractivity contribution in [2.45, 2.75) is 6.92 Å². The molecule has 0 spiro atoms. The predicted octanol–water partition coefficient (Wildman–Crippen LogP) is 3.25. The molecule has 6 heteroatoms. The van der Waals surface area contributed by atoms with E-state index >= 15 is 0 Å². The molecule has 1 saturated heterocycles. The van der Waals surface area contributed by atoms with Crippen LogP contribution in [0.3, 0.4) is 0 Å². The number of nitrogens with one attached hydrogen (secondary N) is 1. The molecule has 2 aromatic carbocycles. The van der Waals surface area contributed by atoms with Crippen LogP contribution in [0.5, 0.6) is 0 Å². The lowest BCUT2D eigenvalue weighted by atomic mass is 10.0. The second-order valence-electron chi connectivity index (χ2n) is 6.73. The molecule has 1 aliphatic heterocycles. The molecule has 29 heavy (non-hydrogen) atoms. The maximum atomic E-state index is 12.8. The zero-order valence-corrected chi connectivity index (χ0v) is 16.3. The number of carbonyl (C=O) groups excluding carboxylic acids is 2. The first-order valence-corrected chi connectivity index (χ1v) is 9.45. The van der Waals surface area contributed by atoms with E-state index in [9.17, 15) is 9.59 Å². The predicted molar refractivity (Wildman–Crippen MR) is 113 cm³/mol. The molecular formula is C23H24N2O4. The molecule has 1 heterocycles. The fraction of sp³-hybridized carbons (Fsp3) is 0.217. The third-order valence-electron chi connectivity index (χ3n) is 4.80. The lowest BCUT2D eigenvalue weighted by molar-refractivity contribution is -0.124. The van der Waals surface area contributed by atoms with Crippen molar-refractivity contribution in [3.63, 3.8) is 0 Å². The smallest absolute Gasteiger partial charge is 0.267 e. The SMILES string of the molecule is Cc1c(C(=O)C=Cc2cccc(C=CC(=O)NO)c2)cccc1N1CCOCC1. The number of rotatable bonds is 6. The van der Waals surface area contributed by atoms with E-state index in [1.54, 1.807) is 23.7 Å². The van der Waals surface area contributed by atoms with E-state index in [1.165, 1.54) is 6.08 Å². The fourth-order valence-electron chi connectivity index (χ4n) is 3.27. The second kappa shape index (κ2) is 9.82. The summed E-state index contributed by atoms with van der Waals surface area (Å²) < 4.78 is 5.41. The summed E-state index contributed by atoms with van der Waals surface area (Å²) in [4.78, 5) is 26.1. The maximum absolute atomic E-state index is 12.8. The third kappa shape index (κ3) is 5.40. The number of hydrogen-bond donors (Lipinski definition) is 2. The molecule has 0 bridgehead atoms. The zero-order chi connectivity index (χ0) is 20.6. The topological polar surface area (TPSA) is 78.9 Å². The van der Waals surface area contributed by atoms with Crippen LogP contribution in [0.4, 0.5) is 5.69 Å². The van der Waals surface area contributed by atoms with Gasteiger partial charge in [-0.25, -0.2) is 5.48 Å². The van der Waals surface area contributed by atoms with E-state index in [-0.39, 0.29) is 5.78 Å². The molecule has 1 amide bonds. The summed E-state index contributed by atoms with van der Waals surface area (Å²) in [5.74, 6) is -0.657. The first kappa shape index (κ1) is 20.5. The van der Waals surface area contributed by atoms with Gasteiger partial charge in [-0.2, -0.15) is 0 Å². The van der Waals surface area contributed by atoms with Crippen molar-refractivity contribution < 1.29 is 19.5 Å². The Balaban J connectivity index is 1.76. The standard InChI is InChI=1S/C23H24N2O4/c1-17-20(6-3-7-21(17)25-12-14-29-15-13-25)22(26)10-8-18-4-2-5-19(16-18)9-11-23(27)24-28/h2-11,16,28H,12-15H2,1H3,(H,24,27). The van der Waals surface area contributed by atoms with Gasteiger partial charge in [0.25, 0.3) is 5.91 Å². The van der Waals surface area contributed by atoms with E-state index in [0.717, 1.165) is 35.5 Å². The Labute approximate surface area is 170 Å². The van der Waals surface area contributed by atoms with Crippen molar-refractivity contribution in [3.8, 4) is 0 Å². The van der Waals surface area contributed by atoms with E-state index in [1.807, 2.05) is 49.4 Å². The summed E-state index contributed by atoms with van der Waals surface area (Å²) in [6, 6.07) is 13.2. The Bertz CT molecular complexity index is 944. The molecule has 1 fully saturated rings. The highest BCUT2D eigenvalue weighted by atomic mass is 16.5. The molecule has 150 valence electrons. The van der Waals surface area contributed by atoms with Crippen LogP contribution in [0.25, 0.3) is 12.2 Å². The Morgan fingerprint density at radius 1 is 1.03 bits per heavy atom. The van der Waals surface area contributed by atoms with Gasteiger partial charge < -0.3 is 9.64 Å². The molecule has 1 aliphatic rings.